The third-order valence-corrected chi connectivity index (χ3v) is 15.3. The van der Waals surface area contributed by atoms with E-state index >= 15 is 0 Å². The Kier molecular flexibility index (Phi) is 9.00. The Labute approximate surface area is 320 Å². The van der Waals surface area contributed by atoms with E-state index in [2.05, 4.69) is 132 Å². The lowest BCUT2D eigenvalue weighted by Gasteiger charge is -2.36. The van der Waals surface area contributed by atoms with E-state index in [0.717, 1.165) is 69.8 Å². The molecule has 4 nitrogen and oxygen atoms in total. The van der Waals surface area contributed by atoms with E-state index in [9.17, 15) is 10.2 Å². The zero-order valence-electron chi connectivity index (χ0n) is 34.5. The topological polar surface area (TPSA) is 58.9 Å². The predicted molar refractivity (Wildman–Crippen MR) is 221 cm³/mol. The summed E-state index contributed by atoms with van der Waals surface area (Å²) in [5.74, 6) is 2.54. The third-order valence-electron chi connectivity index (χ3n) is 12.0. The van der Waals surface area contributed by atoms with Crippen molar-refractivity contribution in [3.8, 4) is 23.0 Å². The van der Waals surface area contributed by atoms with Crippen LogP contribution in [-0.4, -0.2) is 18.8 Å². The van der Waals surface area contributed by atoms with Crippen LogP contribution in [0.4, 0.5) is 0 Å². The lowest BCUT2D eigenvalue weighted by Crippen LogP contribution is -2.47. The standard InChI is InChI=1S/C48H62O4Si/c1-45(2,3)37-21-29-17-30-22-38(46(4,5)6)24-32(42(30)50)19-34-26-40(48(10,11)12)28-36-20-35-27-39(47(7,8)9)25-33(18-31(23-37)41(29)49)43(35)51-53(52-44(34)36)15-13-14-16-53/h21-28,49-50H,13-20H2,1-12H3. The van der Waals surface area contributed by atoms with Crippen LogP contribution in [0.2, 0.25) is 12.1 Å². The first-order valence-corrected chi connectivity index (χ1v) is 22.1. The van der Waals surface area contributed by atoms with Crippen molar-refractivity contribution in [1.29, 1.82) is 0 Å². The zero-order chi connectivity index (χ0) is 38.5. The Hall–Kier alpha value is -3.70. The number of hydrogen-bond acceptors (Lipinski definition) is 4. The molecule has 4 aromatic rings. The third kappa shape index (κ3) is 7.27. The first kappa shape index (κ1) is 37.6. The molecule has 2 N–H and O–H groups in total. The summed E-state index contributed by atoms with van der Waals surface area (Å²) in [7, 11) is -2.76. The van der Waals surface area contributed by atoms with E-state index in [1.807, 2.05) is 0 Å². The Morgan fingerprint density at radius 2 is 0.623 bits per heavy atom. The summed E-state index contributed by atoms with van der Waals surface area (Å²) in [6.07, 6.45) is 4.38. The van der Waals surface area contributed by atoms with Crippen molar-refractivity contribution in [2.45, 2.75) is 155 Å². The van der Waals surface area contributed by atoms with Gasteiger partial charge in [-0.25, -0.2) is 0 Å². The largest absolute Gasteiger partial charge is 0.511 e. The van der Waals surface area contributed by atoms with Crippen molar-refractivity contribution in [3.05, 3.63) is 115 Å². The molecule has 10 bridgehead atoms. The van der Waals surface area contributed by atoms with Gasteiger partial charge >= 0.3 is 8.56 Å². The molecule has 1 spiro atoms. The second kappa shape index (κ2) is 12.7. The maximum absolute atomic E-state index is 12.3. The SMILES string of the molecule is CC(C)(C)c1cc2c(O)c(c1)Cc1cc(C(C)(C)C)cc3c1O[Si]1(CCCC1)Oc1c(cc(C(C)(C)C)cc1C3)Cc1cc(C(C)(C)C)cc(c1O)C2. The van der Waals surface area contributed by atoms with Crippen LogP contribution in [0.3, 0.4) is 0 Å². The molecule has 3 aliphatic heterocycles. The van der Waals surface area contributed by atoms with Crippen LogP contribution in [0.5, 0.6) is 23.0 Å². The Morgan fingerprint density at radius 1 is 0.396 bits per heavy atom. The van der Waals surface area contributed by atoms with Gasteiger partial charge in [-0.05, 0) is 101 Å². The highest BCUT2D eigenvalue weighted by atomic mass is 28.4. The maximum Gasteiger partial charge on any atom is 0.460 e. The summed E-state index contributed by atoms with van der Waals surface area (Å²) in [6, 6.07) is 20.1. The van der Waals surface area contributed by atoms with Gasteiger partial charge in [0.05, 0.1) is 0 Å². The second-order valence-corrected chi connectivity index (χ2v) is 23.8. The normalized spacial score (nSPS) is 17.1. The van der Waals surface area contributed by atoms with E-state index in [-0.39, 0.29) is 21.7 Å². The Morgan fingerprint density at radius 3 is 0.887 bits per heavy atom. The smallest absolute Gasteiger partial charge is 0.460 e. The molecule has 0 radical (unpaired) electrons. The van der Waals surface area contributed by atoms with Gasteiger partial charge in [0.2, 0.25) is 0 Å². The van der Waals surface area contributed by atoms with Crippen molar-refractivity contribution in [2.75, 3.05) is 0 Å². The molecule has 0 aromatic heterocycles. The van der Waals surface area contributed by atoms with Gasteiger partial charge in [0.1, 0.15) is 23.0 Å². The Balaban J connectivity index is 1.62. The average molecular weight is 731 g/mol. The summed E-state index contributed by atoms with van der Waals surface area (Å²) >= 11 is 0. The van der Waals surface area contributed by atoms with Gasteiger partial charge in [-0.1, -0.05) is 132 Å². The summed E-state index contributed by atoms with van der Waals surface area (Å²) in [6.45, 7) is 27.1. The molecular weight excluding hydrogens is 669 g/mol. The fourth-order valence-electron chi connectivity index (χ4n) is 8.42. The molecular formula is C48H62O4Si. The van der Waals surface area contributed by atoms with Crippen molar-refractivity contribution in [2.24, 2.45) is 0 Å². The molecule has 8 rings (SSSR count). The molecule has 0 unspecified atom stereocenters. The molecule has 5 heteroatoms. The van der Waals surface area contributed by atoms with E-state index in [4.69, 9.17) is 8.85 Å². The molecule has 1 saturated heterocycles. The molecule has 4 aromatic carbocycles. The number of benzene rings is 4. The van der Waals surface area contributed by atoms with Crippen molar-refractivity contribution < 1.29 is 19.1 Å². The van der Waals surface area contributed by atoms with Crippen LogP contribution < -0.4 is 8.85 Å². The van der Waals surface area contributed by atoms with Crippen LogP contribution in [0, 0.1) is 0 Å². The average Bonchev–Trinajstić information content (AvgIpc) is 3.48. The number of phenolic OH excluding ortho intramolecular Hbond substituents is 2. The van der Waals surface area contributed by atoms with Gasteiger partial charge in [0.15, 0.2) is 0 Å². The van der Waals surface area contributed by atoms with E-state index in [0.29, 0.717) is 37.2 Å². The highest BCUT2D eigenvalue weighted by Crippen LogP contribution is 2.48. The van der Waals surface area contributed by atoms with Gasteiger partial charge in [0.25, 0.3) is 0 Å². The highest BCUT2D eigenvalue weighted by Gasteiger charge is 2.48. The number of aromatic hydroxyl groups is 2. The van der Waals surface area contributed by atoms with Crippen molar-refractivity contribution in [3.63, 3.8) is 0 Å². The second-order valence-electron chi connectivity index (χ2n) is 20.6. The van der Waals surface area contributed by atoms with Gasteiger partial charge in [-0.2, -0.15) is 0 Å². The summed E-state index contributed by atoms with van der Waals surface area (Å²) < 4.78 is 14.9. The molecule has 0 amide bonds. The molecule has 1 aliphatic carbocycles. The van der Waals surface area contributed by atoms with Crippen LogP contribution in [0.15, 0.2) is 48.5 Å². The molecule has 53 heavy (non-hydrogen) atoms. The van der Waals surface area contributed by atoms with Crippen molar-refractivity contribution >= 4 is 8.56 Å². The van der Waals surface area contributed by atoms with Crippen LogP contribution >= 0.6 is 0 Å². The minimum atomic E-state index is -2.76. The number of phenols is 2. The molecule has 282 valence electrons. The van der Waals surface area contributed by atoms with Crippen molar-refractivity contribution in [1.82, 2.24) is 0 Å². The van der Waals surface area contributed by atoms with Crippen LogP contribution in [0.1, 0.15) is 163 Å². The van der Waals surface area contributed by atoms with Gasteiger partial charge < -0.3 is 19.1 Å². The molecule has 3 heterocycles. The lowest BCUT2D eigenvalue weighted by molar-refractivity contribution is 0.374. The van der Waals surface area contributed by atoms with Gasteiger partial charge in [-0.3, -0.25) is 0 Å². The molecule has 0 saturated carbocycles. The number of hydrogen-bond donors (Lipinski definition) is 2. The number of rotatable bonds is 0. The minimum Gasteiger partial charge on any atom is -0.511 e. The molecule has 0 atom stereocenters. The first-order chi connectivity index (χ1) is 24.5. The maximum atomic E-state index is 12.3. The van der Waals surface area contributed by atoms with E-state index in [1.165, 1.54) is 33.4 Å². The quantitative estimate of drug-likeness (QED) is 0.156. The monoisotopic (exact) mass is 730 g/mol. The summed E-state index contributed by atoms with van der Waals surface area (Å²) in [5.41, 5.74) is 12.5. The van der Waals surface area contributed by atoms with Crippen LogP contribution in [-0.2, 0) is 47.3 Å². The minimum absolute atomic E-state index is 0.0846. The predicted octanol–water partition coefficient (Wildman–Crippen LogP) is 12.0. The zero-order valence-corrected chi connectivity index (χ0v) is 35.5. The fourth-order valence-corrected chi connectivity index (χ4v) is 12.0. The summed E-state index contributed by atoms with van der Waals surface area (Å²) in [4.78, 5) is 0. The first-order valence-electron chi connectivity index (χ1n) is 19.9. The van der Waals surface area contributed by atoms with Crippen LogP contribution in [0.25, 0.3) is 0 Å². The Bertz CT molecular complexity index is 1950. The highest BCUT2D eigenvalue weighted by molar-refractivity contribution is 6.69. The lowest BCUT2D eigenvalue weighted by atomic mass is 9.79. The van der Waals surface area contributed by atoms with E-state index in [1.54, 1.807) is 0 Å². The molecule has 4 aliphatic rings. The fraction of sp³-hybridized carbons (Fsp3) is 0.500. The van der Waals surface area contributed by atoms with E-state index < -0.39 is 8.56 Å². The van der Waals surface area contributed by atoms with Gasteiger partial charge in [-0.15, -0.1) is 0 Å². The molecule has 1 fully saturated rings. The van der Waals surface area contributed by atoms with Gasteiger partial charge in [0, 0.05) is 37.8 Å². The summed E-state index contributed by atoms with van der Waals surface area (Å²) in [5, 5.41) is 24.5.